The van der Waals surface area contributed by atoms with Gasteiger partial charge < -0.3 is 9.64 Å². The molecule has 4 nitrogen and oxygen atoms in total. The fourth-order valence-electron chi connectivity index (χ4n) is 2.65. The summed E-state index contributed by atoms with van der Waals surface area (Å²) < 4.78 is 7.01. The number of hydrogen-bond acceptors (Lipinski definition) is 3. The Kier molecular flexibility index (Phi) is 3.22. The standard InChI is InChI=1S/C16H18N2O2/c1-17-8-3-9-18-15(17)10-13(11-16(18)19)12-4-6-14(20-2)7-5-12/h4-7,10-11H,3,8-9H2,1-2H3. The lowest BCUT2D eigenvalue weighted by Crippen LogP contribution is -2.34. The molecule has 0 amide bonds. The van der Waals surface area contributed by atoms with Gasteiger partial charge in [-0.05, 0) is 35.7 Å². The van der Waals surface area contributed by atoms with Gasteiger partial charge in [0.1, 0.15) is 11.6 Å². The van der Waals surface area contributed by atoms with Gasteiger partial charge in [0, 0.05) is 26.2 Å². The number of anilines is 1. The topological polar surface area (TPSA) is 34.5 Å². The molecule has 1 aromatic carbocycles. The molecule has 1 aliphatic rings. The molecule has 0 radical (unpaired) electrons. The second-order valence-electron chi connectivity index (χ2n) is 5.10. The van der Waals surface area contributed by atoms with E-state index >= 15 is 0 Å². The van der Waals surface area contributed by atoms with Crippen molar-refractivity contribution in [2.24, 2.45) is 0 Å². The summed E-state index contributed by atoms with van der Waals surface area (Å²) in [6.45, 7) is 1.80. The maximum atomic E-state index is 12.2. The monoisotopic (exact) mass is 270 g/mol. The predicted octanol–water partition coefficient (Wildman–Crippen LogP) is 2.36. The minimum Gasteiger partial charge on any atom is -0.497 e. The first-order valence-electron chi connectivity index (χ1n) is 6.79. The summed E-state index contributed by atoms with van der Waals surface area (Å²) in [6, 6.07) is 11.6. The molecule has 0 bridgehead atoms. The van der Waals surface area contributed by atoms with Gasteiger partial charge in [-0.25, -0.2) is 0 Å². The summed E-state index contributed by atoms with van der Waals surface area (Å²) >= 11 is 0. The van der Waals surface area contributed by atoms with Gasteiger partial charge in [-0.2, -0.15) is 0 Å². The molecule has 1 aliphatic heterocycles. The highest BCUT2D eigenvalue weighted by Gasteiger charge is 2.15. The Morgan fingerprint density at radius 2 is 1.80 bits per heavy atom. The Hall–Kier alpha value is -2.23. The molecule has 104 valence electrons. The molecule has 2 aromatic rings. The maximum Gasteiger partial charge on any atom is 0.252 e. The van der Waals surface area contributed by atoms with Crippen molar-refractivity contribution >= 4 is 5.82 Å². The third-order valence-electron chi connectivity index (χ3n) is 3.80. The molecule has 2 heterocycles. The summed E-state index contributed by atoms with van der Waals surface area (Å²) in [5.74, 6) is 1.81. The van der Waals surface area contributed by atoms with Crippen LogP contribution in [0.4, 0.5) is 5.82 Å². The number of aromatic nitrogens is 1. The van der Waals surface area contributed by atoms with Crippen LogP contribution in [0.25, 0.3) is 11.1 Å². The highest BCUT2D eigenvalue weighted by atomic mass is 16.5. The van der Waals surface area contributed by atoms with Crippen LogP contribution in [0, 0.1) is 0 Å². The van der Waals surface area contributed by atoms with Gasteiger partial charge in [0.2, 0.25) is 0 Å². The number of ether oxygens (including phenoxy) is 1. The van der Waals surface area contributed by atoms with Crippen LogP contribution in [0.3, 0.4) is 0 Å². The zero-order chi connectivity index (χ0) is 14.1. The van der Waals surface area contributed by atoms with Gasteiger partial charge >= 0.3 is 0 Å². The van der Waals surface area contributed by atoms with E-state index in [1.165, 1.54) is 0 Å². The molecular weight excluding hydrogens is 252 g/mol. The third kappa shape index (κ3) is 2.18. The molecular formula is C16H18N2O2. The summed E-state index contributed by atoms with van der Waals surface area (Å²) in [7, 11) is 3.68. The molecule has 4 heteroatoms. The maximum absolute atomic E-state index is 12.2. The van der Waals surface area contributed by atoms with Crippen molar-refractivity contribution in [1.82, 2.24) is 4.57 Å². The quantitative estimate of drug-likeness (QED) is 0.840. The van der Waals surface area contributed by atoms with E-state index in [0.717, 1.165) is 42.2 Å². The second kappa shape index (κ2) is 5.04. The van der Waals surface area contributed by atoms with Gasteiger partial charge in [-0.15, -0.1) is 0 Å². The number of hydrogen-bond donors (Lipinski definition) is 0. The van der Waals surface area contributed by atoms with E-state index in [2.05, 4.69) is 11.0 Å². The van der Waals surface area contributed by atoms with E-state index in [-0.39, 0.29) is 5.56 Å². The number of fused-ring (bicyclic) bond motifs is 1. The largest absolute Gasteiger partial charge is 0.497 e. The van der Waals surface area contributed by atoms with Gasteiger partial charge in [0.05, 0.1) is 7.11 Å². The smallest absolute Gasteiger partial charge is 0.252 e. The molecule has 20 heavy (non-hydrogen) atoms. The van der Waals surface area contributed by atoms with Gasteiger partial charge in [-0.1, -0.05) is 12.1 Å². The van der Waals surface area contributed by atoms with Crippen LogP contribution < -0.4 is 15.2 Å². The van der Waals surface area contributed by atoms with Crippen molar-refractivity contribution in [2.75, 3.05) is 25.6 Å². The molecule has 0 aliphatic carbocycles. The normalized spacial score (nSPS) is 14.0. The Morgan fingerprint density at radius 1 is 1.05 bits per heavy atom. The first-order valence-corrected chi connectivity index (χ1v) is 6.79. The summed E-state index contributed by atoms with van der Waals surface area (Å²) in [5.41, 5.74) is 2.06. The van der Waals surface area contributed by atoms with Crippen LogP contribution in [-0.4, -0.2) is 25.3 Å². The zero-order valence-electron chi connectivity index (χ0n) is 11.8. The summed E-state index contributed by atoms with van der Waals surface area (Å²) in [4.78, 5) is 14.4. The molecule has 3 rings (SSSR count). The highest BCUT2D eigenvalue weighted by molar-refractivity contribution is 5.67. The van der Waals surface area contributed by atoms with Crippen LogP contribution in [-0.2, 0) is 6.54 Å². The lowest BCUT2D eigenvalue weighted by molar-refractivity contribution is 0.415. The molecule has 0 saturated carbocycles. The van der Waals surface area contributed by atoms with E-state index in [9.17, 15) is 4.79 Å². The predicted molar refractivity (Wildman–Crippen MR) is 80.6 cm³/mol. The van der Waals surface area contributed by atoms with Crippen LogP contribution in [0.1, 0.15) is 6.42 Å². The van der Waals surface area contributed by atoms with E-state index in [0.29, 0.717) is 0 Å². The van der Waals surface area contributed by atoms with E-state index in [4.69, 9.17) is 4.74 Å². The Balaban J connectivity index is 2.08. The molecule has 0 unspecified atom stereocenters. The number of rotatable bonds is 2. The van der Waals surface area contributed by atoms with Crippen LogP contribution in [0.15, 0.2) is 41.2 Å². The first kappa shape index (κ1) is 12.8. The average Bonchev–Trinajstić information content (AvgIpc) is 2.48. The molecule has 0 atom stereocenters. The lowest BCUT2D eigenvalue weighted by Gasteiger charge is -2.29. The van der Waals surface area contributed by atoms with Crippen molar-refractivity contribution < 1.29 is 4.74 Å². The number of methoxy groups -OCH3 is 1. The minimum atomic E-state index is 0.0693. The zero-order valence-corrected chi connectivity index (χ0v) is 11.8. The van der Waals surface area contributed by atoms with Crippen LogP contribution in [0.5, 0.6) is 5.75 Å². The van der Waals surface area contributed by atoms with Crippen molar-refractivity contribution in [3.05, 3.63) is 46.8 Å². The Labute approximate surface area is 118 Å². The lowest BCUT2D eigenvalue weighted by atomic mass is 10.1. The van der Waals surface area contributed by atoms with Crippen molar-refractivity contribution in [1.29, 1.82) is 0 Å². The molecule has 0 spiro atoms. The summed E-state index contributed by atoms with van der Waals surface area (Å²) in [6.07, 6.45) is 1.02. The average molecular weight is 270 g/mol. The Bertz CT molecular complexity index is 674. The van der Waals surface area contributed by atoms with Crippen molar-refractivity contribution in [3.8, 4) is 16.9 Å². The van der Waals surface area contributed by atoms with Crippen LogP contribution >= 0.6 is 0 Å². The van der Waals surface area contributed by atoms with E-state index in [1.54, 1.807) is 13.2 Å². The van der Waals surface area contributed by atoms with Gasteiger partial charge in [0.15, 0.2) is 0 Å². The molecule has 0 fully saturated rings. The minimum absolute atomic E-state index is 0.0693. The van der Waals surface area contributed by atoms with E-state index in [1.807, 2.05) is 35.9 Å². The Morgan fingerprint density at radius 3 is 2.50 bits per heavy atom. The van der Waals surface area contributed by atoms with E-state index < -0.39 is 0 Å². The van der Waals surface area contributed by atoms with Gasteiger partial charge in [0.25, 0.3) is 5.56 Å². The number of nitrogens with zero attached hydrogens (tertiary/aromatic N) is 2. The van der Waals surface area contributed by atoms with Crippen LogP contribution in [0.2, 0.25) is 0 Å². The highest BCUT2D eigenvalue weighted by Crippen LogP contribution is 2.26. The molecule has 1 aromatic heterocycles. The second-order valence-corrected chi connectivity index (χ2v) is 5.10. The van der Waals surface area contributed by atoms with Crippen molar-refractivity contribution in [2.45, 2.75) is 13.0 Å². The fourth-order valence-corrected chi connectivity index (χ4v) is 2.65. The van der Waals surface area contributed by atoms with Crippen molar-refractivity contribution in [3.63, 3.8) is 0 Å². The fraction of sp³-hybridized carbons (Fsp3) is 0.312. The SMILES string of the molecule is COc1ccc(-c2cc3n(c(=O)c2)CCCN3C)cc1. The molecule has 0 N–H and O–H groups in total. The van der Waals surface area contributed by atoms with Gasteiger partial charge in [-0.3, -0.25) is 9.36 Å². The first-order chi connectivity index (χ1) is 9.69. The number of pyridine rings is 1. The molecule has 0 saturated heterocycles. The third-order valence-corrected chi connectivity index (χ3v) is 3.80. The number of benzene rings is 1. The summed E-state index contributed by atoms with van der Waals surface area (Å²) in [5, 5.41) is 0.